The van der Waals surface area contributed by atoms with E-state index in [1.165, 1.54) is 17.0 Å². The van der Waals surface area contributed by atoms with Gasteiger partial charge in [0.05, 0.1) is 11.9 Å². The van der Waals surface area contributed by atoms with E-state index in [0.29, 0.717) is 0 Å². The number of carbonyl (C=O) groups is 1. The van der Waals surface area contributed by atoms with Crippen molar-refractivity contribution < 1.29 is 4.79 Å². The van der Waals surface area contributed by atoms with Crippen LogP contribution < -0.4 is 0 Å². The van der Waals surface area contributed by atoms with E-state index >= 15 is 0 Å². The molecule has 43 heavy (non-hydrogen) atoms. The molecule has 0 aromatic carbocycles. The lowest BCUT2D eigenvalue weighted by Crippen LogP contribution is -2.06. The molecule has 0 atom stereocenters. The monoisotopic (exact) mass is 590 g/mol. The number of nitrogens with zero attached hydrogens (tertiary/aromatic N) is 5. The van der Waals surface area contributed by atoms with Crippen LogP contribution in [0.4, 0.5) is 0 Å². The smallest absolute Gasteiger partial charge is 0.209 e. The molecule has 0 fully saturated rings. The molecule has 238 valence electrons. The number of carbonyl (C=O) groups excluding carboxylic acids is 1. The first kappa shape index (κ1) is 43.3. The number of allylic oxidation sites excluding steroid dienone is 2. The first-order valence-corrected chi connectivity index (χ1v) is 15.1. The molecule has 0 radical (unpaired) electrons. The number of hydrogen-bond donors (Lipinski definition) is 1. The maximum absolute atomic E-state index is 9.43. The summed E-state index contributed by atoms with van der Waals surface area (Å²) < 4.78 is 0. The number of pyridine rings is 3. The summed E-state index contributed by atoms with van der Waals surface area (Å²) >= 11 is 0. The van der Waals surface area contributed by atoms with E-state index in [1.54, 1.807) is 20.3 Å². The van der Waals surface area contributed by atoms with Crippen LogP contribution in [0.1, 0.15) is 83.4 Å². The summed E-state index contributed by atoms with van der Waals surface area (Å²) in [7, 11) is 3.38. The van der Waals surface area contributed by atoms with Gasteiger partial charge in [-0.15, -0.1) is 0 Å². The van der Waals surface area contributed by atoms with Crippen molar-refractivity contribution in [3.8, 4) is 11.3 Å². The number of H-pyrrole nitrogens is 1. The summed E-state index contributed by atoms with van der Waals surface area (Å²) in [5.41, 5.74) is 7.51. The lowest BCUT2D eigenvalue weighted by molar-refractivity contribution is -0.115. The van der Waals surface area contributed by atoms with Crippen molar-refractivity contribution in [1.82, 2.24) is 30.0 Å². The minimum atomic E-state index is 0.750. The highest BCUT2D eigenvalue weighted by Gasteiger charge is 1.98. The van der Waals surface area contributed by atoms with Gasteiger partial charge in [0.1, 0.15) is 0 Å². The summed E-state index contributed by atoms with van der Waals surface area (Å²) in [4.78, 5) is 23.8. The Bertz CT molecular complexity index is 1170. The highest BCUT2D eigenvalue weighted by molar-refractivity contribution is 5.56. The average molecular weight is 591 g/mol. The molecule has 4 rings (SSSR count). The van der Waals surface area contributed by atoms with Gasteiger partial charge in [-0.3, -0.25) is 24.8 Å². The number of nitrogens with one attached hydrogen (secondary N) is 1. The van der Waals surface area contributed by atoms with E-state index in [9.17, 15) is 4.79 Å². The van der Waals surface area contributed by atoms with Crippen LogP contribution in [0.3, 0.4) is 0 Å². The second-order valence-corrected chi connectivity index (χ2v) is 8.83. The molecule has 0 aliphatic rings. The average Bonchev–Trinajstić information content (AvgIpc) is 3.56. The largest absolute Gasteiger partial charge is 0.351 e. The first-order chi connectivity index (χ1) is 20.7. The zero-order valence-electron chi connectivity index (χ0n) is 29.1. The van der Waals surface area contributed by atoms with Crippen molar-refractivity contribution in [2.75, 3.05) is 14.1 Å². The minimum Gasteiger partial charge on any atom is -0.351 e. The molecule has 0 bridgehead atoms. The zero-order valence-corrected chi connectivity index (χ0v) is 29.1. The van der Waals surface area contributed by atoms with Gasteiger partial charge in [-0.05, 0) is 84.4 Å². The van der Waals surface area contributed by atoms with Gasteiger partial charge in [-0.25, -0.2) is 0 Å². The Morgan fingerprint density at radius 2 is 1.16 bits per heavy atom. The lowest BCUT2D eigenvalue weighted by atomic mass is 10.2. The molecule has 0 saturated heterocycles. The maximum atomic E-state index is 9.43. The molecule has 7 heteroatoms. The third kappa shape index (κ3) is 26.5. The second-order valence-electron chi connectivity index (χ2n) is 8.83. The fraction of sp³-hybridized carbons (Fsp3) is 0.417. The Morgan fingerprint density at radius 1 is 0.721 bits per heavy atom. The van der Waals surface area contributed by atoms with Crippen LogP contribution in [0.15, 0.2) is 79.1 Å². The molecule has 1 amide bonds. The first-order valence-electron chi connectivity index (χ1n) is 15.1. The van der Waals surface area contributed by atoms with Crippen LogP contribution in [0.5, 0.6) is 0 Å². The maximum Gasteiger partial charge on any atom is 0.209 e. The topological polar surface area (TPSA) is 87.7 Å². The summed E-state index contributed by atoms with van der Waals surface area (Å²) in [6.07, 6.45) is 10.6. The van der Waals surface area contributed by atoms with Gasteiger partial charge in [0.15, 0.2) is 0 Å². The van der Waals surface area contributed by atoms with Gasteiger partial charge in [-0.1, -0.05) is 71.4 Å². The molecule has 4 heterocycles. The minimum absolute atomic E-state index is 0.750. The van der Waals surface area contributed by atoms with Crippen LogP contribution in [0, 0.1) is 27.7 Å². The molecule has 0 saturated carbocycles. The number of rotatable bonds is 4. The second kappa shape index (κ2) is 30.8. The third-order valence-electron chi connectivity index (χ3n) is 4.71. The molecule has 0 aliphatic heterocycles. The van der Waals surface area contributed by atoms with E-state index in [4.69, 9.17) is 0 Å². The van der Waals surface area contributed by atoms with Gasteiger partial charge in [0.25, 0.3) is 0 Å². The predicted molar refractivity (Wildman–Crippen MR) is 186 cm³/mol. The Morgan fingerprint density at radius 3 is 1.49 bits per heavy atom. The highest BCUT2D eigenvalue weighted by atomic mass is 16.1. The number of amides is 1. The van der Waals surface area contributed by atoms with E-state index < -0.39 is 0 Å². The molecule has 0 aliphatic carbocycles. The van der Waals surface area contributed by atoms with Gasteiger partial charge in [-0.2, -0.15) is 5.10 Å². The molecular formula is C36H58N6O. The predicted octanol–water partition coefficient (Wildman–Crippen LogP) is 9.16. The van der Waals surface area contributed by atoms with Crippen molar-refractivity contribution in [3.05, 3.63) is 108 Å². The van der Waals surface area contributed by atoms with E-state index in [-0.39, 0.29) is 0 Å². The standard InChI is InChI=1S/C9H9N3.C9H13N.C7H9N.C4H8.C3H7NO.2C2H6/c1-7-3-2-4-9(12-7)8-5-10-11-6-8;1-3-5-9-7-4-6-8(2)10-9;1-6-4-3-5-7(2)8-6;1-3-4-2;1-4(2)3-5;2*1-2/h2-6H,1H3,(H,10,11);4,6-7H,3,5H2,1-2H3;3-5H,1-2H3;3-4H,1-2H3;3H,1-2H3;2*1-2H3/b;;;4-3-;;;. The summed E-state index contributed by atoms with van der Waals surface area (Å²) in [6, 6.07) is 18.1. The number of hydrogen-bond acceptors (Lipinski definition) is 5. The third-order valence-corrected chi connectivity index (χ3v) is 4.71. The van der Waals surface area contributed by atoms with Gasteiger partial charge in [0.2, 0.25) is 6.41 Å². The molecule has 7 nitrogen and oxygen atoms in total. The number of aryl methyl sites for hydroxylation is 5. The van der Waals surface area contributed by atoms with Gasteiger partial charge < -0.3 is 4.90 Å². The van der Waals surface area contributed by atoms with Crippen LogP contribution in [0.25, 0.3) is 11.3 Å². The Labute approximate surface area is 262 Å². The van der Waals surface area contributed by atoms with Crippen LogP contribution in [0.2, 0.25) is 0 Å². The number of aromatic amines is 1. The molecular weight excluding hydrogens is 532 g/mol. The van der Waals surface area contributed by atoms with Crippen LogP contribution in [-0.4, -0.2) is 50.6 Å². The van der Waals surface area contributed by atoms with Crippen LogP contribution >= 0.6 is 0 Å². The van der Waals surface area contributed by atoms with E-state index in [0.717, 1.165) is 46.9 Å². The molecule has 4 aromatic heterocycles. The van der Waals surface area contributed by atoms with Crippen molar-refractivity contribution in [3.63, 3.8) is 0 Å². The Hall–Kier alpha value is -4.13. The summed E-state index contributed by atoms with van der Waals surface area (Å²) in [5, 5.41) is 6.62. The van der Waals surface area contributed by atoms with Crippen molar-refractivity contribution in [1.29, 1.82) is 0 Å². The lowest BCUT2D eigenvalue weighted by Gasteiger charge is -1.97. The number of aromatic nitrogens is 5. The Balaban J connectivity index is -0.000000473. The van der Waals surface area contributed by atoms with Crippen LogP contribution in [-0.2, 0) is 11.2 Å². The van der Waals surface area contributed by atoms with E-state index in [1.807, 2.05) is 130 Å². The SMILES string of the molecule is C/C=C\C.CC.CC.CCCc1cccc(C)n1.CN(C)C=O.Cc1cccc(-c2cn[nH]c2)n1.Cc1cccc(C)n1. The van der Waals surface area contributed by atoms with Gasteiger partial charge >= 0.3 is 0 Å². The fourth-order valence-corrected chi connectivity index (χ4v) is 2.77. The van der Waals surface area contributed by atoms with Crippen molar-refractivity contribution in [2.45, 2.75) is 89.0 Å². The Kier molecular flexibility index (Phi) is 31.1. The molecule has 1 N–H and O–H groups in total. The molecule has 0 unspecified atom stereocenters. The molecule has 0 spiro atoms. The zero-order chi connectivity index (χ0) is 33.5. The highest BCUT2D eigenvalue weighted by Crippen LogP contribution is 2.14. The molecule has 4 aromatic rings. The fourth-order valence-electron chi connectivity index (χ4n) is 2.77. The van der Waals surface area contributed by atoms with Gasteiger partial charge in [0, 0.05) is 54.3 Å². The quantitative estimate of drug-likeness (QED) is 0.189. The normalized spacial score (nSPS) is 8.77. The van der Waals surface area contributed by atoms with Crippen molar-refractivity contribution in [2.24, 2.45) is 0 Å². The summed E-state index contributed by atoms with van der Waals surface area (Å²) in [5.74, 6) is 0. The summed E-state index contributed by atoms with van der Waals surface area (Å²) in [6.45, 7) is 22.2. The van der Waals surface area contributed by atoms with E-state index in [2.05, 4.69) is 44.2 Å². The van der Waals surface area contributed by atoms with Crippen molar-refractivity contribution >= 4 is 6.41 Å².